The molecule has 0 heterocycles. The van der Waals surface area contributed by atoms with Crippen molar-refractivity contribution in [3.63, 3.8) is 0 Å². The molecule has 2 atom stereocenters. The molecule has 0 aliphatic heterocycles. The zero-order chi connectivity index (χ0) is 20.4. The molecule has 3 N–H and O–H groups in total. The quantitative estimate of drug-likeness (QED) is 0.325. The third-order valence-corrected chi connectivity index (χ3v) is 5.89. The first-order chi connectivity index (χ1) is 13.5. The van der Waals surface area contributed by atoms with Gasteiger partial charge < -0.3 is 15.0 Å². The molecule has 1 aliphatic carbocycles. The average Bonchev–Trinajstić information content (AvgIpc) is 2.71. The minimum Gasteiger partial charge on any atom is -0.355 e. The Kier molecular flexibility index (Phi) is 9.55. The van der Waals surface area contributed by atoms with Crippen LogP contribution < -0.4 is 11.1 Å². The molecule has 1 aromatic carbocycles. The lowest BCUT2D eigenvalue weighted by Gasteiger charge is -2.34. The number of thioether (sulfide) groups is 1. The van der Waals surface area contributed by atoms with Gasteiger partial charge in [0.2, 0.25) is 5.91 Å². The first-order valence-corrected chi connectivity index (χ1v) is 11.0. The molecule has 0 saturated carbocycles. The van der Waals surface area contributed by atoms with E-state index < -0.39 is 11.6 Å². The highest BCUT2D eigenvalue weighted by Gasteiger charge is 2.39. The van der Waals surface area contributed by atoms with Crippen LogP contribution in [0.25, 0.3) is 0 Å². The van der Waals surface area contributed by atoms with Crippen molar-refractivity contribution >= 4 is 29.3 Å². The Morgan fingerprint density at radius 1 is 1.32 bits per heavy atom. The van der Waals surface area contributed by atoms with Gasteiger partial charge in [-0.1, -0.05) is 43.6 Å². The predicted octanol–water partition coefficient (Wildman–Crippen LogP) is 3.22. The van der Waals surface area contributed by atoms with Gasteiger partial charge in [-0.2, -0.15) is 0 Å². The van der Waals surface area contributed by atoms with Crippen LogP contribution in [0.4, 0.5) is 0 Å². The number of ether oxygens (including phenoxy) is 1. The highest BCUT2D eigenvalue weighted by Crippen LogP contribution is 2.29. The fourth-order valence-electron chi connectivity index (χ4n) is 2.96. The number of benzene rings is 1. The van der Waals surface area contributed by atoms with Crippen molar-refractivity contribution in [1.82, 2.24) is 10.2 Å². The predicted molar refractivity (Wildman–Crippen MR) is 117 cm³/mol. The smallest absolute Gasteiger partial charge is 0.231 e. The summed E-state index contributed by atoms with van der Waals surface area (Å²) >= 11 is 7.81. The van der Waals surface area contributed by atoms with Crippen molar-refractivity contribution in [2.45, 2.75) is 24.5 Å². The number of carbonyl (C=O) groups excluding carboxylic acids is 1. The van der Waals surface area contributed by atoms with Gasteiger partial charge in [-0.05, 0) is 43.5 Å². The number of allylic oxidation sites excluding steroid dienone is 2. The fourth-order valence-corrected chi connectivity index (χ4v) is 3.90. The van der Waals surface area contributed by atoms with Gasteiger partial charge in [-0.15, -0.1) is 11.8 Å². The lowest BCUT2D eigenvalue weighted by molar-refractivity contribution is -0.132. The van der Waals surface area contributed by atoms with Crippen LogP contribution in [-0.4, -0.2) is 55.1 Å². The Labute approximate surface area is 177 Å². The summed E-state index contributed by atoms with van der Waals surface area (Å²) in [6, 6.07) is 10.1. The number of nitrogens with one attached hydrogen (secondary N) is 1. The maximum absolute atomic E-state index is 12.7. The standard InChI is InChI=1S/C21H30ClN3O2S/c1-3-25(4-2)13-12-24-20(26)19-16-17(22)10-11-21(19,23)27-14-15-28-18-8-6-5-7-9-18/h5-11,16,19H,3-4,12-15,23H2,1-2H3,(H,24,26). The Morgan fingerprint density at radius 2 is 2.04 bits per heavy atom. The summed E-state index contributed by atoms with van der Waals surface area (Å²) in [5, 5.41) is 3.45. The molecule has 28 heavy (non-hydrogen) atoms. The van der Waals surface area contributed by atoms with Gasteiger partial charge in [0.25, 0.3) is 0 Å². The van der Waals surface area contributed by atoms with Gasteiger partial charge in [0.05, 0.1) is 6.61 Å². The second-order valence-corrected chi connectivity index (χ2v) is 8.15. The summed E-state index contributed by atoms with van der Waals surface area (Å²) in [4.78, 5) is 16.2. The van der Waals surface area contributed by atoms with Crippen molar-refractivity contribution in [3.05, 3.63) is 53.6 Å². The second kappa shape index (κ2) is 11.6. The minimum atomic E-state index is -1.20. The van der Waals surface area contributed by atoms with E-state index >= 15 is 0 Å². The molecular weight excluding hydrogens is 394 g/mol. The van der Waals surface area contributed by atoms with Crippen LogP contribution in [0.5, 0.6) is 0 Å². The van der Waals surface area contributed by atoms with E-state index in [1.54, 1.807) is 30.0 Å². The number of rotatable bonds is 11. The molecule has 5 nitrogen and oxygen atoms in total. The normalized spacial score (nSPS) is 21.6. The maximum atomic E-state index is 12.7. The summed E-state index contributed by atoms with van der Waals surface area (Å²) < 4.78 is 5.94. The average molecular weight is 424 g/mol. The van der Waals surface area contributed by atoms with E-state index in [9.17, 15) is 4.79 Å². The second-order valence-electron chi connectivity index (χ2n) is 6.54. The summed E-state index contributed by atoms with van der Waals surface area (Å²) in [7, 11) is 0. The molecule has 7 heteroatoms. The van der Waals surface area contributed by atoms with Gasteiger partial charge in [0.1, 0.15) is 5.92 Å². The van der Waals surface area contributed by atoms with Crippen LogP contribution in [0.15, 0.2) is 58.5 Å². The van der Waals surface area contributed by atoms with Gasteiger partial charge in [-0.3, -0.25) is 10.5 Å². The summed E-state index contributed by atoms with van der Waals surface area (Å²) in [5.74, 6) is -0.0961. The molecule has 2 rings (SSSR count). The number of hydrogen-bond donors (Lipinski definition) is 2. The monoisotopic (exact) mass is 423 g/mol. The number of nitrogens with zero attached hydrogens (tertiary/aromatic N) is 1. The SMILES string of the molecule is CCN(CC)CCNC(=O)C1C=C(Cl)C=CC1(N)OCCSc1ccccc1. The van der Waals surface area contributed by atoms with Crippen molar-refractivity contribution in [3.8, 4) is 0 Å². The zero-order valence-electron chi connectivity index (χ0n) is 16.6. The van der Waals surface area contributed by atoms with Gasteiger partial charge in [-0.25, -0.2) is 0 Å². The summed E-state index contributed by atoms with van der Waals surface area (Å²) in [6.45, 7) is 7.89. The largest absolute Gasteiger partial charge is 0.355 e. The summed E-state index contributed by atoms with van der Waals surface area (Å²) in [5.41, 5.74) is 5.24. The first-order valence-electron chi connectivity index (χ1n) is 9.65. The molecule has 1 aromatic rings. The zero-order valence-corrected chi connectivity index (χ0v) is 18.1. The molecule has 0 fully saturated rings. The van der Waals surface area contributed by atoms with E-state index in [4.69, 9.17) is 22.1 Å². The van der Waals surface area contributed by atoms with E-state index in [-0.39, 0.29) is 5.91 Å². The molecule has 0 aromatic heterocycles. The first kappa shape index (κ1) is 23.0. The Bertz CT molecular complexity index is 679. The third kappa shape index (κ3) is 6.94. The number of amides is 1. The highest BCUT2D eigenvalue weighted by atomic mass is 35.5. The van der Waals surface area contributed by atoms with Crippen LogP contribution in [0.1, 0.15) is 13.8 Å². The van der Waals surface area contributed by atoms with Crippen molar-refractivity contribution < 1.29 is 9.53 Å². The number of halogens is 1. The summed E-state index contributed by atoms with van der Waals surface area (Å²) in [6.07, 6.45) is 5.03. The van der Waals surface area contributed by atoms with Crippen molar-refractivity contribution in [2.75, 3.05) is 38.5 Å². The molecular formula is C21H30ClN3O2S. The van der Waals surface area contributed by atoms with Gasteiger partial charge in [0.15, 0.2) is 5.72 Å². The molecule has 0 spiro atoms. The van der Waals surface area contributed by atoms with Crippen LogP contribution in [0.3, 0.4) is 0 Å². The number of nitrogens with two attached hydrogens (primary N) is 1. The lowest BCUT2D eigenvalue weighted by Crippen LogP contribution is -2.55. The minimum absolute atomic E-state index is 0.173. The van der Waals surface area contributed by atoms with Gasteiger partial charge in [0, 0.05) is 28.8 Å². The van der Waals surface area contributed by atoms with Crippen molar-refractivity contribution in [2.24, 2.45) is 11.7 Å². The van der Waals surface area contributed by atoms with Crippen molar-refractivity contribution in [1.29, 1.82) is 0 Å². The van der Waals surface area contributed by atoms with Crippen LogP contribution in [0.2, 0.25) is 0 Å². The van der Waals surface area contributed by atoms with E-state index in [0.717, 1.165) is 25.4 Å². The Hall–Kier alpha value is -1.31. The lowest BCUT2D eigenvalue weighted by atomic mass is 9.90. The molecule has 0 saturated heterocycles. The molecule has 2 unspecified atom stereocenters. The topological polar surface area (TPSA) is 67.6 Å². The van der Waals surface area contributed by atoms with Crippen LogP contribution >= 0.6 is 23.4 Å². The van der Waals surface area contributed by atoms with Crippen LogP contribution in [0, 0.1) is 5.92 Å². The molecule has 1 aliphatic rings. The molecule has 0 bridgehead atoms. The fraction of sp³-hybridized carbons (Fsp3) is 0.476. The Balaban J connectivity index is 1.88. The Morgan fingerprint density at radius 3 is 2.71 bits per heavy atom. The van der Waals surface area contributed by atoms with E-state index in [0.29, 0.717) is 18.2 Å². The van der Waals surface area contributed by atoms with Gasteiger partial charge >= 0.3 is 0 Å². The van der Waals surface area contributed by atoms with Crippen LogP contribution in [-0.2, 0) is 9.53 Å². The third-order valence-electron chi connectivity index (χ3n) is 4.67. The molecule has 1 amide bonds. The number of carbonyl (C=O) groups is 1. The van der Waals surface area contributed by atoms with E-state index in [1.165, 1.54) is 4.90 Å². The molecule has 154 valence electrons. The van der Waals surface area contributed by atoms with E-state index in [2.05, 4.69) is 36.2 Å². The number of hydrogen-bond acceptors (Lipinski definition) is 5. The molecule has 0 radical (unpaired) electrons. The highest BCUT2D eigenvalue weighted by molar-refractivity contribution is 7.99. The maximum Gasteiger partial charge on any atom is 0.231 e. The number of likely N-dealkylation sites (N-methyl/N-ethyl adjacent to an activating group) is 1. The van der Waals surface area contributed by atoms with E-state index in [1.807, 2.05) is 18.2 Å².